The largest absolute Gasteiger partial charge is 0.457 e. The second-order valence-electron chi connectivity index (χ2n) is 6.76. The van der Waals surface area contributed by atoms with Crippen molar-refractivity contribution in [1.82, 2.24) is 15.1 Å². The summed E-state index contributed by atoms with van der Waals surface area (Å²) in [5, 5.41) is 11.4. The van der Waals surface area contributed by atoms with Gasteiger partial charge in [0.1, 0.15) is 28.5 Å². The summed E-state index contributed by atoms with van der Waals surface area (Å²) in [6, 6.07) is 17.3. The number of rotatable bonds is 4. The van der Waals surface area contributed by atoms with E-state index in [1.165, 1.54) is 7.05 Å². The number of ether oxygens (including phenoxy) is 1. The van der Waals surface area contributed by atoms with E-state index in [0.29, 0.717) is 11.3 Å². The van der Waals surface area contributed by atoms with Gasteiger partial charge >= 0.3 is 0 Å². The summed E-state index contributed by atoms with van der Waals surface area (Å²) < 4.78 is 7.81. The standard InChI is InChI=1S/C20H18N4O2.CH5N/c25-10-17-18(23-24-19(17)22-13-20(24)11-21-12-20)14-6-8-16(9-7-14)26-15-4-2-1-3-5-15;1-2/h1-10,21-22H,11-13H2;2H2,1H3. The maximum absolute atomic E-state index is 11.7. The van der Waals surface area contributed by atoms with E-state index in [1.807, 2.05) is 59.3 Å². The number of para-hydroxylation sites is 1. The highest BCUT2D eigenvalue weighted by atomic mass is 16.5. The molecule has 4 N–H and O–H groups in total. The lowest BCUT2D eigenvalue weighted by atomic mass is 9.94. The molecule has 0 atom stereocenters. The van der Waals surface area contributed by atoms with Crippen LogP contribution in [-0.4, -0.2) is 42.7 Å². The van der Waals surface area contributed by atoms with Crippen LogP contribution in [0.15, 0.2) is 54.6 Å². The van der Waals surface area contributed by atoms with E-state index < -0.39 is 0 Å². The van der Waals surface area contributed by atoms with Crippen molar-refractivity contribution in [3.63, 3.8) is 0 Å². The summed E-state index contributed by atoms with van der Waals surface area (Å²) in [6.07, 6.45) is 0.890. The van der Waals surface area contributed by atoms with Crippen molar-refractivity contribution in [3.8, 4) is 22.8 Å². The number of nitrogens with zero attached hydrogens (tertiary/aromatic N) is 2. The van der Waals surface area contributed by atoms with Gasteiger partial charge in [-0.05, 0) is 43.4 Å². The summed E-state index contributed by atoms with van der Waals surface area (Å²) in [5.41, 5.74) is 6.69. The molecule has 1 spiro atoms. The van der Waals surface area contributed by atoms with E-state index in [4.69, 9.17) is 9.84 Å². The van der Waals surface area contributed by atoms with Crippen LogP contribution in [0.4, 0.5) is 5.82 Å². The first-order valence-electron chi connectivity index (χ1n) is 9.23. The number of carbonyl (C=O) groups is 1. The van der Waals surface area contributed by atoms with Crippen LogP contribution in [0.1, 0.15) is 10.4 Å². The molecule has 0 amide bonds. The number of hydrogen-bond acceptors (Lipinski definition) is 6. The van der Waals surface area contributed by atoms with Crippen LogP contribution in [0.5, 0.6) is 11.5 Å². The first-order chi connectivity index (χ1) is 13.8. The van der Waals surface area contributed by atoms with Gasteiger partial charge < -0.3 is 21.1 Å². The van der Waals surface area contributed by atoms with Gasteiger partial charge in [0.2, 0.25) is 0 Å². The molecular formula is C21H23N5O2. The molecule has 7 heteroatoms. The topological polar surface area (TPSA) is 94.2 Å². The molecule has 1 fully saturated rings. The zero-order valence-electron chi connectivity index (χ0n) is 15.7. The molecule has 1 saturated heterocycles. The molecule has 0 saturated carbocycles. The van der Waals surface area contributed by atoms with Crippen LogP contribution in [0.3, 0.4) is 0 Å². The zero-order chi connectivity index (χ0) is 19.6. The van der Waals surface area contributed by atoms with Crippen molar-refractivity contribution in [2.24, 2.45) is 5.73 Å². The predicted molar refractivity (Wildman–Crippen MR) is 109 cm³/mol. The average molecular weight is 377 g/mol. The van der Waals surface area contributed by atoms with Gasteiger partial charge in [0.25, 0.3) is 0 Å². The van der Waals surface area contributed by atoms with Gasteiger partial charge in [-0.25, -0.2) is 4.68 Å². The first kappa shape index (κ1) is 18.2. The van der Waals surface area contributed by atoms with Crippen molar-refractivity contribution in [1.29, 1.82) is 0 Å². The SMILES string of the molecule is CN.O=Cc1c(-c2ccc(Oc3ccccc3)cc2)nn2c1NCC21CNC1. The van der Waals surface area contributed by atoms with Gasteiger partial charge in [-0.1, -0.05) is 18.2 Å². The molecule has 2 aliphatic rings. The van der Waals surface area contributed by atoms with Crippen molar-refractivity contribution in [3.05, 3.63) is 60.2 Å². The van der Waals surface area contributed by atoms with E-state index in [1.54, 1.807) is 0 Å². The minimum atomic E-state index is -0.0400. The highest BCUT2D eigenvalue weighted by molar-refractivity contribution is 5.93. The third kappa shape index (κ3) is 2.94. The van der Waals surface area contributed by atoms with E-state index in [0.717, 1.165) is 48.8 Å². The van der Waals surface area contributed by atoms with Gasteiger partial charge in [-0.15, -0.1) is 0 Å². The highest BCUT2D eigenvalue weighted by Crippen LogP contribution is 2.38. The lowest BCUT2D eigenvalue weighted by molar-refractivity contribution is 0.112. The molecule has 28 heavy (non-hydrogen) atoms. The number of anilines is 1. The first-order valence-corrected chi connectivity index (χ1v) is 9.23. The molecule has 2 aliphatic heterocycles. The fraction of sp³-hybridized carbons (Fsp3) is 0.238. The molecule has 0 bridgehead atoms. The number of benzene rings is 2. The summed E-state index contributed by atoms with van der Waals surface area (Å²) >= 11 is 0. The molecule has 1 aromatic heterocycles. The van der Waals surface area contributed by atoms with E-state index >= 15 is 0 Å². The molecule has 3 heterocycles. The van der Waals surface area contributed by atoms with Crippen LogP contribution in [-0.2, 0) is 5.54 Å². The lowest BCUT2D eigenvalue weighted by Crippen LogP contribution is -2.61. The molecule has 144 valence electrons. The number of nitrogens with two attached hydrogens (primary N) is 1. The van der Waals surface area contributed by atoms with Crippen LogP contribution in [0.2, 0.25) is 0 Å². The third-order valence-electron chi connectivity index (χ3n) is 5.09. The van der Waals surface area contributed by atoms with Crippen LogP contribution in [0.25, 0.3) is 11.3 Å². The lowest BCUT2D eigenvalue weighted by Gasteiger charge is -2.38. The monoisotopic (exact) mass is 377 g/mol. The molecule has 5 rings (SSSR count). The number of aromatic nitrogens is 2. The van der Waals surface area contributed by atoms with Gasteiger partial charge in [0.15, 0.2) is 6.29 Å². The van der Waals surface area contributed by atoms with E-state index in [9.17, 15) is 4.79 Å². The predicted octanol–water partition coefficient (Wildman–Crippen LogP) is 2.45. The second kappa shape index (κ2) is 7.46. The number of nitrogens with one attached hydrogen (secondary N) is 2. The normalized spacial score (nSPS) is 15.6. The number of aldehydes is 1. The number of carbonyl (C=O) groups excluding carboxylic acids is 1. The molecule has 2 aromatic carbocycles. The van der Waals surface area contributed by atoms with Crippen LogP contribution >= 0.6 is 0 Å². The second-order valence-corrected chi connectivity index (χ2v) is 6.76. The van der Waals surface area contributed by atoms with Crippen LogP contribution in [0, 0.1) is 0 Å². The Morgan fingerprint density at radius 3 is 2.32 bits per heavy atom. The summed E-state index contributed by atoms with van der Waals surface area (Å²) in [7, 11) is 1.50. The maximum Gasteiger partial charge on any atom is 0.156 e. The highest BCUT2D eigenvalue weighted by Gasteiger charge is 2.46. The third-order valence-corrected chi connectivity index (χ3v) is 5.09. The summed E-state index contributed by atoms with van der Waals surface area (Å²) in [5.74, 6) is 2.36. The number of hydrogen-bond donors (Lipinski definition) is 3. The fourth-order valence-corrected chi connectivity index (χ4v) is 3.59. The molecule has 0 aliphatic carbocycles. The minimum Gasteiger partial charge on any atom is -0.457 e. The Morgan fingerprint density at radius 2 is 1.71 bits per heavy atom. The minimum absolute atomic E-state index is 0.0400. The van der Waals surface area contributed by atoms with Gasteiger partial charge in [-0.3, -0.25) is 4.79 Å². The van der Waals surface area contributed by atoms with Gasteiger partial charge in [-0.2, -0.15) is 5.10 Å². The summed E-state index contributed by atoms with van der Waals surface area (Å²) in [6.45, 7) is 2.56. The van der Waals surface area contributed by atoms with Gasteiger partial charge in [0, 0.05) is 25.2 Å². The Balaban J connectivity index is 0.000000932. The average Bonchev–Trinajstić information content (AvgIpc) is 3.27. The molecule has 0 radical (unpaired) electrons. The van der Waals surface area contributed by atoms with Crippen molar-refractivity contribution >= 4 is 12.1 Å². The Kier molecular flexibility index (Phi) is 4.85. The summed E-state index contributed by atoms with van der Waals surface area (Å²) in [4.78, 5) is 11.7. The molecule has 0 unspecified atom stereocenters. The molecule has 3 aromatic rings. The van der Waals surface area contributed by atoms with Crippen molar-refractivity contribution < 1.29 is 9.53 Å². The van der Waals surface area contributed by atoms with E-state index in [-0.39, 0.29) is 5.54 Å². The Morgan fingerprint density at radius 1 is 1.04 bits per heavy atom. The van der Waals surface area contributed by atoms with Crippen molar-refractivity contribution in [2.45, 2.75) is 5.54 Å². The smallest absolute Gasteiger partial charge is 0.156 e. The Bertz CT molecular complexity index is 962. The number of fused-ring (bicyclic) bond motifs is 2. The van der Waals surface area contributed by atoms with Crippen molar-refractivity contribution in [2.75, 3.05) is 32.0 Å². The Labute approximate surface area is 163 Å². The quantitative estimate of drug-likeness (QED) is 0.605. The maximum atomic E-state index is 11.7. The Hall–Kier alpha value is -3.16. The van der Waals surface area contributed by atoms with Crippen LogP contribution < -0.4 is 21.1 Å². The fourth-order valence-electron chi connectivity index (χ4n) is 3.59. The molecular weight excluding hydrogens is 354 g/mol. The van der Waals surface area contributed by atoms with Gasteiger partial charge in [0.05, 0.1) is 5.56 Å². The molecule has 7 nitrogen and oxygen atoms in total. The zero-order valence-corrected chi connectivity index (χ0v) is 15.7. The van der Waals surface area contributed by atoms with E-state index in [2.05, 4.69) is 16.4 Å².